The highest BCUT2D eigenvalue weighted by Crippen LogP contribution is 2.22. The average molecular weight is 185 g/mol. The smallest absolute Gasteiger partial charge is 0.221 e. The van der Waals surface area contributed by atoms with Crippen LogP contribution in [0.4, 0.5) is 5.69 Å². The van der Waals surface area contributed by atoms with Gasteiger partial charge >= 0.3 is 0 Å². The van der Waals surface area contributed by atoms with Crippen LogP contribution in [0.2, 0.25) is 5.02 Å². The van der Waals surface area contributed by atoms with Crippen molar-refractivity contribution in [2.45, 2.75) is 6.42 Å². The Morgan fingerprint density at radius 3 is 2.75 bits per heavy atom. The summed E-state index contributed by atoms with van der Waals surface area (Å²) in [4.78, 5) is 10.6. The molecule has 0 saturated carbocycles. The van der Waals surface area contributed by atoms with E-state index in [4.69, 9.17) is 23.1 Å². The molecule has 0 radical (unpaired) electrons. The van der Waals surface area contributed by atoms with Crippen molar-refractivity contribution in [3.8, 4) is 0 Å². The van der Waals surface area contributed by atoms with Crippen LogP contribution in [0.1, 0.15) is 5.56 Å². The Bertz CT molecular complexity index is 312. The lowest BCUT2D eigenvalue weighted by Gasteiger charge is -2.03. The zero-order chi connectivity index (χ0) is 9.14. The molecule has 1 rings (SSSR count). The van der Waals surface area contributed by atoms with Crippen molar-refractivity contribution in [2.24, 2.45) is 5.73 Å². The Balaban J connectivity index is 3.00. The number of nitrogen functional groups attached to an aromatic ring is 1. The van der Waals surface area contributed by atoms with E-state index in [1.165, 1.54) is 0 Å². The van der Waals surface area contributed by atoms with Crippen LogP contribution in [-0.2, 0) is 11.2 Å². The molecule has 0 aliphatic heterocycles. The van der Waals surface area contributed by atoms with Gasteiger partial charge in [0.2, 0.25) is 5.91 Å². The predicted octanol–water partition coefficient (Wildman–Crippen LogP) is 0.950. The lowest BCUT2D eigenvalue weighted by atomic mass is 10.1. The van der Waals surface area contributed by atoms with Gasteiger partial charge in [-0.3, -0.25) is 4.79 Å². The van der Waals surface area contributed by atoms with Crippen molar-refractivity contribution in [3.63, 3.8) is 0 Å². The number of hydrogen-bond acceptors (Lipinski definition) is 2. The highest BCUT2D eigenvalue weighted by Gasteiger charge is 2.05. The number of primary amides is 1. The van der Waals surface area contributed by atoms with Crippen LogP contribution >= 0.6 is 11.6 Å². The second-order valence-corrected chi connectivity index (χ2v) is 2.84. The Kier molecular flexibility index (Phi) is 2.55. The molecule has 0 saturated heterocycles. The molecule has 0 fully saturated rings. The molecule has 4 N–H and O–H groups in total. The van der Waals surface area contributed by atoms with E-state index >= 15 is 0 Å². The number of halogens is 1. The zero-order valence-electron chi connectivity index (χ0n) is 6.38. The van der Waals surface area contributed by atoms with E-state index < -0.39 is 5.91 Å². The normalized spacial score (nSPS) is 9.75. The van der Waals surface area contributed by atoms with Gasteiger partial charge in [-0.15, -0.1) is 0 Å². The first-order chi connectivity index (χ1) is 5.61. The third-order valence-corrected chi connectivity index (χ3v) is 1.93. The first-order valence-corrected chi connectivity index (χ1v) is 3.80. The largest absolute Gasteiger partial charge is 0.398 e. The van der Waals surface area contributed by atoms with Crippen molar-refractivity contribution in [2.75, 3.05) is 5.73 Å². The minimum Gasteiger partial charge on any atom is -0.398 e. The summed E-state index contributed by atoms with van der Waals surface area (Å²) in [6, 6.07) is 5.13. The van der Waals surface area contributed by atoms with Gasteiger partial charge in [0, 0.05) is 0 Å². The maximum atomic E-state index is 10.6. The molecule has 3 nitrogen and oxygen atoms in total. The van der Waals surface area contributed by atoms with Crippen LogP contribution < -0.4 is 11.5 Å². The molecular formula is C8H9ClN2O. The average Bonchev–Trinajstić information content (AvgIpc) is 1.98. The Hall–Kier alpha value is -1.22. The van der Waals surface area contributed by atoms with E-state index in [0.29, 0.717) is 16.3 Å². The topological polar surface area (TPSA) is 69.1 Å². The summed E-state index contributed by atoms with van der Waals surface area (Å²) < 4.78 is 0. The summed E-state index contributed by atoms with van der Waals surface area (Å²) in [5.41, 5.74) is 11.7. The minimum atomic E-state index is -0.414. The molecule has 1 aromatic carbocycles. The first-order valence-electron chi connectivity index (χ1n) is 3.42. The van der Waals surface area contributed by atoms with Gasteiger partial charge in [0.25, 0.3) is 0 Å². The maximum Gasteiger partial charge on any atom is 0.221 e. The fourth-order valence-electron chi connectivity index (χ4n) is 0.924. The molecule has 1 aromatic rings. The van der Waals surface area contributed by atoms with Crippen molar-refractivity contribution in [1.29, 1.82) is 0 Å². The van der Waals surface area contributed by atoms with Gasteiger partial charge in [-0.05, 0) is 11.6 Å². The van der Waals surface area contributed by atoms with Crippen molar-refractivity contribution >= 4 is 23.2 Å². The number of anilines is 1. The van der Waals surface area contributed by atoms with Crippen LogP contribution in [0.5, 0.6) is 0 Å². The Morgan fingerprint density at radius 2 is 2.17 bits per heavy atom. The van der Waals surface area contributed by atoms with E-state index in [0.717, 1.165) is 0 Å². The fourth-order valence-corrected chi connectivity index (χ4v) is 1.12. The second kappa shape index (κ2) is 3.45. The fraction of sp³-hybridized carbons (Fsp3) is 0.125. The molecule has 0 unspecified atom stereocenters. The molecule has 0 bridgehead atoms. The number of carbonyl (C=O) groups excluding carboxylic acids is 1. The van der Waals surface area contributed by atoms with Crippen LogP contribution in [0, 0.1) is 0 Å². The molecule has 12 heavy (non-hydrogen) atoms. The molecule has 0 aromatic heterocycles. The second-order valence-electron chi connectivity index (χ2n) is 2.46. The molecule has 0 atom stereocenters. The lowest BCUT2D eigenvalue weighted by molar-refractivity contribution is -0.117. The quantitative estimate of drug-likeness (QED) is 0.672. The molecule has 4 heteroatoms. The van der Waals surface area contributed by atoms with E-state index in [1.807, 2.05) is 0 Å². The number of amides is 1. The highest BCUT2D eigenvalue weighted by atomic mass is 35.5. The summed E-state index contributed by atoms with van der Waals surface area (Å²) in [6.45, 7) is 0. The van der Waals surface area contributed by atoms with Crippen molar-refractivity contribution in [1.82, 2.24) is 0 Å². The van der Waals surface area contributed by atoms with Gasteiger partial charge in [0.15, 0.2) is 0 Å². The monoisotopic (exact) mass is 184 g/mol. The standard InChI is InChI=1S/C8H9ClN2O/c9-8-5(4-7(11)12)2-1-3-6(8)10/h1-3H,4,10H2,(H2,11,12). The molecular weight excluding hydrogens is 176 g/mol. The first kappa shape index (κ1) is 8.87. The van der Waals surface area contributed by atoms with Crippen LogP contribution in [-0.4, -0.2) is 5.91 Å². The summed E-state index contributed by atoms with van der Waals surface area (Å²) in [7, 11) is 0. The summed E-state index contributed by atoms with van der Waals surface area (Å²) in [6.07, 6.45) is 0.129. The molecule has 0 aliphatic carbocycles. The predicted molar refractivity (Wildman–Crippen MR) is 48.8 cm³/mol. The Morgan fingerprint density at radius 1 is 1.50 bits per heavy atom. The molecule has 1 amide bonds. The van der Waals surface area contributed by atoms with Gasteiger partial charge in [0.05, 0.1) is 17.1 Å². The molecule has 0 aliphatic rings. The highest BCUT2D eigenvalue weighted by molar-refractivity contribution is 6.34. The minimum absolute atomic E-state index is 0.129. The number of rotatable bonds is 2. The molecule has 0 spiro atoms. The Labute approximate surface area is 75.3 Å². The van der Waals surface area contributed by atoms with E-state index in [-0.39, 0.29) is 6.42 Å². The van der Waals surface area contributed by atoms with E-state index in [9.17, 15) is 4.79 Å². The summed E-state index contributed by atoms with van der Waals surface area (Å²) >= 11 is 5.80. The number of nitrogens with two attached hydrogens (primary N) is 2. The lowest BCUT2D eigenvalue weighted by Crippen LogP contribution is -2.14. The van der Waals surface area contributed by atoms with Gasteiger partial charge in [0.1, 0.15) is 0 Å². The summed E-state index contributed by atoms with van der Waals surface area (Å²) in [5, 5.41) is 0.413. The zero-order valence-corrected chi connectivity index (χ0v) is 7.14. The third kappa shape index (κ3) is 1.89. The van der Waals surface area contributed by atoms with Gasteiger partial charge < -0.3 is 11.5 Å². The van der Waals surface area contributed by atoms with E-state index in [2.05, 4.69) is 0 Å². The van der Waals surface area contributed by atoms with Crippen molar-refractivity contribution < 1.29 is 4.79 Å². The van der Waals surface area contributed by atoms with Crippen molar-refractivity contribution in [3.05, 3.63) is 28.8 Å². The van der Waals surface area contributed by atoms with Crippen LogP contribution in [0.15, 0.2) is 18.2 Å². The molecule has 64 valence electrons. The number of hydrogen-bond donors (Lipinski definition) is 2. The van der Waals surface area contributed by atoms with E-state index in [1.54, 1.807) is 18.2 Å². The van der Waals surface area contributed by atoms with Gasteiger partial charge in [-0.1, -0.05) is 23.7 Å². The van der Waals surface area contributed by atoms with Crippen LogP contribution in [0.3, 0.4) is 0 Å². The summed E-state index contributed by atoms with van der Waals surface area (Å²) in [5.74, 6) is -0.414. The van der Waals surface area contributed by atoms with Gasteiger partial charge in [-0.25, -0.2) is 0 Å². The SMILES string of the molecule is NC(=O)Cc1cccc(N)c1Cl. The van der Waals surface area contributed by atoms with Crippen LogP contribution in [0.25, 0.3) is 0 Å². The maximum absolute atomic E-state index is 10.6. The van der Waals surface area contributed by atoms with Gasteiger partial charge in [-0.2, -0.15) is 0 Å². The third-order valence-electron chi connectivity index (χ3n) is 1.47. The molecule has 0 heterocycles. The number of carbonyl (C=O) groups is 1. The number of benzene rings is 1.